The minimum Gasteiger partial charge on any atom is -0.340 e. The van der Waals surface area contributed by atoms with E-state index in [1.807, 2.05) is 6.08 Å². The highest BCUT2D eigenvalue weighted by molar-refractivity contribution is 5.79. The van der Waals surface area contributed by atoms with E-state index in [1.165, 1.54) is 19.3 Å². The van der Waals surface area contributed by atoms with Gasteiger partial charge in [0.2, 0.25) is 5.91 Å². The quantitative estimate of drug-likeness (QED) is 0.699. The largest absolute Gasteiger partial charge is 0.340 e. The lowest BCUT2D eigenvalue weighted by atomic mass is 9.88. The van der Waals surface area contributed by atoms with Crippen LogP contribution in [0.25, 0.3) is 0 Å². The molecule has 1 saturated carbocycles. The monoisotopic (exact) mass is 236 g/mol. The maximum absolute atomic E-state index is 12.3. The van der Waals surface area contributed by atoms with Gasteiger partial charge < -0.3 is 4.90 Å². The molecule has 1 aliphatic heterocycles. The van der Waals surface area contributed by atoms with Crippen LogP contribution < -0.4 is 0 Å². The van der Waals surface area contributed by atoms with Crippen molar-refractivity contribution in [2.45, 2.75) is 32.1 Å². The lowest BCUT2D eigenvalue weighted by Crippen LogP contribution is -2.50. The number of carbonyl (C=O) groups excluding carboxylic acids is 1. The fourth-order valence-electron chi connectivity index (χ4n) is 2.94. The Kier molecular flexibility index (Phi) is 4.60. The van der Waals surface area contributed by atoms with Crippen molar-refractivity contribution in [2.75, 3.05) is 32.7 Å². The molecule has 3 heteroatoms. The summed E-state index contributed by atoms with van der Waals surface area (Å²) in [6.07, 6.45) is 7.98. The summed E-state index contributed by atoms with van der Waals surface area (Å²) in [5.41, 5.74) is 0. The van der Waals surface area contributed by atoms with Crippen molar-refractivity contribution >= 4 is 5.91 Å². The van der Waals surface area contributed by atoms with Crippen molar-refractivity contribution in [1.29, 1.82) is 0 Å². The average molecular weight is 236 g/mol. The van der Waals surface area contributed by atoms with E-state index in [0.717, 1.165) is 45.6 Å². The first-order valence-corrected chi connectivity index (χ1v) is 6.93. The number of rotatable bonds is 3. The first-order valence-electron chi connectivity index (χ1n) is 6.93. The van der Waals surface area contributed by atoms with Crippen LogP contribution in [0.5, 0.6) is 0 Å². The van der Waals surface area contributed by atoms with Gasteiger partial charge >= 0.3 is 0 Å². The fourth-order valence-corrected chi connectivity index (χ4v) is 2.94. The molecule has 0 aromatic heterocycles. The molecule has 0 spiro atoms. The summed E-state index contributed by atoms with van der Waals surface area (Å²) in [6.45, 7) is 8.53. The van der Waals surface area contributed by atoms with Crippen LogP contribution in [-0.2, 0) is 4.79 Å². The minimum atomic E-state index is 0.328. The highest BCUT2D eigenvalue weighted by atomic mass is 16.2. The van der Waals surface area contributed by atoms with Gasteiger partial charge in [-0.2, -0.15) is 0 Å². The summed E-state index contributed by atoms with van der Waals surface area (Å²) in [6, 6.07) is 0. The van der Waals surface area contributed by atoms with Gasteiger partial charge in [-0.3, -0.25) is 9.69 Å². The molecule has 0 bridgehead atoms. The summed E-state index contributed by atoms with van der Waals surface area (Å²) >= 11 is 0. The third kappa shape index (κ3) is 3.32. The summed E-state index contributed by atoms with van der Waals surface area (Å²) < 4.78 is 0. The van der Waals surface area contributed by atoms with E-state index in [0.29, 0.717) is 11.8 Å². The van der Waals surface area contributed by atoms with Gasteiger partial charge in [-0.05, 0) is 12.8 Å². The van der Waals surface area contributed by atoms with Gasteiger partial charge in [0.05, 0.1) is 0 Å². The molecule has 0 unspecified atom stereocenters. The van der Waals surface area contributed by atoms with Gasteiger partial charge in [0.25, 0.3) is 0 Å². The molecule has 1 heterocycles. The van der Waals surface area contributed by atoms with Gasteiger partial charge in [-0.25, -0.2) is 0 Å². The van der Waals surface area contributed by atoms with Crippen LogP contribution in [0.1, 0.15) is 32.1 Å². The molecule has 1 amide bonds. The Morgan fingerprint density at radius 1 is 1.12 bits per heavy atom. The smallest absolute Gasteiger partial charge is 0.225 e. The van der Waals surface area contributed by atoms with Gasteiger partial charge in [-0.15, -0.1) is 6.58 Å². The van der Waals surface area contributed by atoms with Gasteiger partial charge in [0.1, 0.15) is 0 Å². The molecule has 3 nitrogen and oxygen atoms in total. The van der Waals surface area contributed by atoms with Gasteiger partial charge in [-0.1, -0.05) is 25.3 Å². The summed E-state index contributed by atoms with van der Waals surface area (Å²) in [5.74, 6) is 0.748. The van der Waals surface area contributed by atoms with Crippen molar-refractivity contribution in [3.8, 4) is 0 Å². The molecule has 1 aliphatic carbocycles. The normalized spacial score (nSPS) is 23.6. The Bertz CT molecular complexity index is 263. The van der Waals surface area contributed by atoms with Crippen LogP contribution >= 0.6 is 0 Å². The van der Waals surface area contributed by atoms with E-state index in [1.54, 1.807) is 0 Å². The van der Waals surface area contributed by atoms with E-state index < -0.39 is 0 Å². The number of amides is 1. The third-order valence-corrected chi connectivity index (χ3v) is 4.03. The summed E-state index contributed by atoms with van der Waals surface area (Å²) in [7, 11) is 0. The van der Waals surface area contributed by atoms with Crippen molar-refractivity contribution in [2.24, 2.45) is 5.92 Å². The minimum absolute atomic E-state index is 0.328. The predicted octanol–water partition coefficient (Wildman–Crippen LogP) is 1.90. The topological polar surface area (TPSA) is 23.6 Å². The highest BCUT2D eigenvalue weighted by Crippen LogP contribution is 2.25. The highest BCUT2D eigenvalue weighted by Gasteiger charge is 2.27. The summed E-state index contributed by atoms with van der Waals surface area (Å²) in [4.78, 5) is 16.7. The van der Waals surface area contributed by atoms with Crippen molar-refractivity contribution in [1.82, 2.24) is 9.80 Å². The van der Waals surface area contributed by atoms with Crippen LogP contribution in [0.4, 0.5) is 0 Å². The molecule has 0 N–H and O–H groups in total. The molecular formula is C14H24N2O. The molecule has 2 aliphatic rings. The number of carbonyl (C=O) groups is 1. The van der Waals surface area contributed by atoms with Crippen LogP contribution in [0.2, 0.25) is 0 Å². The maximum Gasteiger partial charge on any atom is 0.225 e. The molecule has 0 aromatic carbocycles. The number of hydrogen-bond donors (Lipinski definition) is 0. The molecule has 2 rings (SSSR count). The van der Waals surface area contributed by atoms with Crippen LogP contribution in [0, 0.1) is 5.92 Å². The number of nitrogens with zero attached hydrogens (tertiary/aromatic N) is 2. The van der Waals surface area contributed by atoms with E-state index in [2.05, 4.69) is 16.4 Å². The number of piperazine rings is 1. The van der Waals surface area contributed by atoms with E-state index in [4.69, 9.17) is 0 Å². The van der Waals surface area contributed by atoms with Crippen LogP contribution in [0.3, 0.4) is 0 Å². The van der Waals surface area contributed by atoms with Crippen molar-refractivity contribution < 1.29 is 4.79 Å². The molecule has 0 aromatic rings. The molecule has 0 radical (unpaired) electrons. The average Bonchev–Trinajstić information content (AvgIpc) is 2.40. The second-order valence-electron chi connectivity index (χ2n) is 5.25. The number of hydrogen-bond acceptors (Lipinski definition) is 2. The van der Waals surface area contributed by atoms with Crippen molar-refractivity contribution in [3.63, 3.8) is 0 Å². The molecule has 2 fully saturated rings. The first kappa shape index (κ1) is 12.6. The Morgan fingerprint density at radius 2 is 1.76 bits per heavy atom. The molecule has 1 saturated heterocycles. The van der Waals surface area contributed by atoms with Crippen molar-refractivity contribution in [3.05, 3.63) is 12.7 Å². The Hall–Kier alpha value is -0.830. The third-order valence-electron chi connectivity index (χ3n) is 4.03. The van der Waals surface area contributed by atoms with Crippen LogP contribution in [-0.4, -0.2) is 48.4 Å². The standard InChI is InChI=1S/C14H24N2O/c1-2-8-15-9-11-16(12-10-15)14(17)13-6-4-3-5-7-13/h2,13H,1,3-12H2. The van der Waals surface area contributed by atoms with Gasteiger partial charge in [0.15, 0.2) is 0 Å². The Labute approximate surface area is 104 Å². The Balaban J connectivity index is 1.79. The van der Waals surface area contributed by atoms with Gasteiger partial charge in [0, 0.05) is 38.6 Å². The summed E-state index contributed by atoms with van der Waals surface area (Å²) in [5, 5.41) is 0. The molecule has 17 heavy (non-hydrogen) atoms. The zero-order valence-electron chi connectivity index (χ0n) is 10.7. The lowest BCUT2D eigenvalue weighted by molar-refractivity contribution is -0.138. The molecule has 96 valence electrons. The zero-order valence-corrected chi connectivity index (χ0v) is 10.7. The van der Waals surface area contributed by atoms with E-state index in [-0.39, 0.29) is 0 Å². The predicted molar refractivity (Wildman–Crippen MR) is 69.8 cm³/mol. The first-order chi connectivity index (χ1) is 8.31. The fraction of sp³-hybridized carbons (Fsp3) is 0.786. The SMILES string of the molecule is C=CCN1CCN(C(=O)C2CCCCC2)CC1. The Morgan fingerprint density at radius 3 is 2.35 bits per heavy atom. The molecular weight excluding hydrogens is 212 g/mol. The second kappa shape index (κ2) is 6.20. The second-order valence-corrected chi connectivity index (χ2v) is 5.25. The maximum atomic E-state index is 12.3. The molecule has 0 atom stereocenters. The lowest BCUT2D eigenvalue weighted by Gasteiger charge is -2.36. The zero-order chi connectivity index (χ0) is 12.1. The van der Waals surface area contributed by atoms with E-state index in [9.17, 15) is 4.79 Å². The van der Waals surface area contributed by atoms with Crippen LogP contribution in [0.15, 0.2) is 12.7 Å². The van der Waals surface area contributed by atoms with E-state index >= 15 is 0 Å².